The third kappa shape index (κ3) is 4.72. The minimum atomic E-state index is -0.336. The number of rotatable bonds is 8. The fourth-order valence-electron chi connectivity index (χ4n) is 3.96. The molecule has 7 nitrogen and oxygen atoms in total. The number of aromatic nitrogens is 4. The molecule has 2 heterocycles. The molecule has 0 N–H and O–H groups in total. The minimum absolute atomic E-state index is 0.240. The molecular weight excluding hydrogens is 383 g/mol. The first kappa shape index (κ1) is 20.6. The predicted molar refractivity (Wildman–Crippen MR) is 111 cm³/mol. The molecule has 0 saturated carbocycles. The highest BCUT2D eigenvalue weighted by Gasteiger charge is 2.32. The van der Waals surface area contributed by atoms with E-state index in [1.807, 2.05) is 18.2 Å². The van der Waals surface area contributed by atoms with Crippen LogP contribution in [-0.4, -0.2) is 69.9 Å². The van der Waals surface area contributed by atoms with Crippen LogP contribution < -0.4 is 0 Å². The maximum absolute atomic E-state index is 14.8. The van der Waals surface area contributed by atoms with Gasteiger partial charge in [0.05, 0.1) is 13.2 Å². The van der Waals surface area contributed by atoms with E-state index in [-0.39, 0.29) is 11.9 Å². The summed E-state index contributed by atoms with van der Waals surface area (Å²) in [5.41, 5.74) is 1.91. The number of benzene rings is 2. The van der Waals surface area contributed by atoms with Gasteiger partial charge in [0.2, 0.25) is 0 Å². The van der Waals surface area contributed by atoms with Crippen molar-refractivity contribution >= 4 is 0 Å². The van der Waals surface area contributed by atoms with Gasteiger partial charge >= 0.3 is 0 Å². The number of nitrogens with zero attached hydrogens (tertiary/aromatic N) is 6. The number of methoxy groups -OCH3 is 1. The second-order valence-corrected chi connectivity index (χ2v) is 7.47. The molecule has 158 valence electrons. The molecule has 0 spiro atoms. The Kier molecular flexibility index (Phi) is 6.78. The lowest BCUT2D eigenvalue weighted by molar-refractivity contribution is 0.0976. The second kappa shape index (κ2) is 9.88. The van der Waals surface area contributed by atoms with E-state index in [4.69, 9.17) is 4.74 Å². The van der Waals surface area contributed by atoms with Gasteiger partial charge in [-0.1, -0.05) is 48.5 Å². The van der Waals surface area contributed by atoms with Crippen molar-refractivity contribution in [2.75, 3.05) is 39.9 Å². The summed E-state index contributed by atoms with van der Waals surface area (Å²) in [5.74, 6) is 0.407. The number of hydrogen-bond acceptors (Lipinski definition) is 6. The monoisotopic (exact) mass is 410 g/mol. The van der Waals surface area contributed by atoms with Crippen molar-refractivity contribution in [2.45, 2.75) is 19.1 Å². The number of piperazine rings is 1. The van der Waals surface area contributed by atoms with Gasteiger partial charge in [-0.3, -0.25) is 9.80 Å². The first-order valence-electron chi connectivity index (χ1n) is 10.3. The Hall–Kier alpha value is -2.68. The van der Waals surface area contributed by atoms with Crippen molar-refractivity contribution in [3.05, 3.63) is 77.4 Å². The summed E-state index contributed by atoms with van der Waals surface area (Å²) < 4.78 is 21.7. The topological polar surface area (TPSA) is 59.3 Å². The van der Waals surface area contributed by atoms with E-state index in [0.29, 0.717) is 24.5 Å². The second-order valence-electron chi connectivity index (χ2n) is 7.47. The van der Waals surface area contributed by atoms with Crippen LogP contribution >= 0.6 is 0 Å². The van der Waals surface area contributed by atoms with E-state index in [1.165, 1.54) is 11.6 Å². The Morgan fingerprint density at radius 2 is 1.73 bits per heavy atom. The van der Waals surface area contributed by atoms with Crippen molar-refractivity contribution in [3.8, 4) is 0 Å². The summed E-state index contributed by atoms with van der Waals surface area (Å²) in [7, 11) is 1.64. The maximum atomic E-state index is 14.8. The third-order valence-corrected chi connectivity index (χ3v) is 5.53. The highest BCUT2D eigenvalue weighted by molar-refractivity contribution is 5.27. The van der Waals surface area contributed by atoms with Gasteiger partial charge < -0.3 is 4.74 Å². The predicted octanol–water partition coefficient (Wildman–Crippen LogP) is 2.37. The van der Waals surface area contributed by atoms with E-state index >= 15 is 0 Å². The average Bonchev–Trinajstić information content (AvgIpc) is 3.24. The summed E-state index contributed by atoms with van der Waals surface area (Å²) in [4.78, 5) is 4.70. The van der Waals surface area contributed by atoms with E-state index in [0.717, 1.165) is 32.7 Å². The Bertz CT molecular complexity index is 926. The zero-order valence-corrected chi connectivity index (χ0v) is 17.2. The maximum Gasteiger partial charge on any atom is 0.173 e. The van der Waals surface area contributed by atoms with Gasteiger partial charge in [0.15, 0.2) is 5.82 Å². The average molecular weight is 410 g/mol. The SMILES string of the molecule is COCCn1nnnc1[C@@H](c1ccccc1F)N1CCN(Cc2ccccc2)CC1. The van der Waals surface area contributed by atoms with Gasteiger partial charge in [0.25, 0.3) is 0 Å². The molecule has 0 bridgehead atoms. The fraction of sp³-hybridized carbons (Fsp3) is 0.409. The molecule has 0 amide bonds. The molecule has 1 atom stereocenters. The van der Waals surface area contributed by atoms with E-state index < -0.39 is 0 Å². The summed E-state index contributed by atoms with van der Waals surface area (Å²) in [5, 5.41) is 12.2. The summed E-state index contributed by atoms with van der Waals surface area (Å²) >= 11 is 0. The lowest BCUT2D eigenvalue weighted by Gasteiger charge is -2.39. The van der Waals surface area contributed by atoms with E-state index in [2.05, 4.69) is 49.6 Å². The Morgan fingerprint density at radius 1 is 1.00 bits per heavy atom. The fourth-order valence-corrected chi connectivity index (χ4v) is 3.96. The van der Waals surface area contributed by atoms with Gasteiger partial charge in [-0.05, 0) is 22.1 Å². The van der Waals surface area contributed by atoms with Crippen LogP contribution in [0.15, 0.2) is 54.6 Å². The van der Waals surface area contributed by atoms with Gasteiger partial charge in [-0.2, -0.15) is 0 Å². The molecular formula is C22H27FN6O. The molecule has 0 aliphatic carbocycles. The Balaban J connectivity index is 1.54. The van der Waals surface area contributed by atoms with Crippen LogP contribution in [0.2, 0.25) is 0 Å². The van der Waals surface area contributed by atoms with Gasteiger partial charge in [-0.15, -0.1) is 5.10 Å². The normalized spacial score (nSPS) is 16.6. The molecule has 2 aromatic carbocycles. The van der Waals surface area contributed by atoms with Crippen molar-refractivity contribution < 1.29 is 9.13 Å². The molecule has 3 aromatic rings. The third-order valence-electron chi connectivity index (χ3n) is 5.53. The van der Waals surface area contributed by atoms with Gasteiger partial charge in [0.1, 0.15) is 11.9 Å². The molecule has 8 heteroatoms. The molecule has 0 radical (unpaired) electrons. The number of tetrazole rings is 1. The molecule has 1 saturated heterocycles. The van der Waals surface area contributed by atoms with Crippen molar-refractivity contribution in [1.29, 1.82) is 0 Å². The van der Waals surface area contributed by atoms with Crippen LogP contribution in [0.5, 0.6) is 0 Å². The lowest BCUT2D eigenvalue weighted by Crippen LogP contribution is -2.48. The standard InChI is InChI=1S/C22H27FN6O/c1-30-16-15-29-22(24-25-26-29)21(19-9-5-6-10-20(19)23)28-13-11-27(12-14-28)17-18-7-3-2-4-8-18/h2-10,21H,11-17H2,1H3/t21-/m1/s1. The Labute approximate surface area is 176 Å². The molecule has 30 heavy (non-hydrogen) atoms. The van der Waals surface area contributed by atoms with Crippen LogP contribution in [0.1, 0.15) is 23.0 Å². The quantitative estimate of drug-likeness (QED) is 0.568. The summed E-state index contributed by atoms with van der Waals surface area (Å²) in [6.07, 6.45) is 0. The molecule has 1 aromatic heterocycles. The number of ether oxygens (including phenoxy) is 1. The van der Waals surface area contributed by atoms with Crippen LogP contribution in [0.25, 0.3) is 0 Å². The number of hydrogen-bond donors (Lipinski definition) is 0. The molecule has 0 unspecified atom stereocenters. The van der Waals surface area contributed by atoms with Crippen molar-refractivity contribution in [1.82, 2.24) is 30.0 Å². The van der Waals surface area contributed by atoms with E-state index in [9.17, 15) is 4.39 Å². The van der Waals surface area contributed by atoms with Crippen LogP contribution in [0.4, 0.5) is 4.39 Å². The Morgan fingerprint density at radius 3 is 2.47 bits per heavy atom. The van der Waals surface area contributed by atoms with Crippen LogP contribution in [0.3, 0.4) is 0 Å². The molecule has 4 rings (SSSR count). The number of halogens is 1. The molecule has 1 aliphatic heterocycles. The summed E-state index contributed by atoms with van der Waals surface area (Å²) in [6.45, 7) is 5.36. The summed E-state index contributed by atoms with van der Waals surface area (Å²) in [6, 6.07) is 17.0. The highest BCUT2D eigenvalue weighted by Crippen LogP contribution is 2.30. The van der Waals surface area contributed by atoms with Crippen molar-refractivity contribution in [3.63, 3.8) is 0 Å². The minimum Gasteiger partial charge on any atom is -0.383 e. The zero-order chi connectivity index (χ0) is 20.8. The first-order valence-corrected chi connectivity index (χ1v) is 10.3. The molecule has 1 aliphatic rings. The van der Waals surface area contributed by atoms with Gasteiger partial charge in [-0.25, -0.2) is 9.07 Å². The zero-order valence-electron chi connectivity index (χ0n) is 17.2. The highest BCUT2D eigenvalue weighted by atomic mass is 19.1. The van der Waals surface area contributed by atoms with E-state index in [1.54, 1.807) is 17.9 Å². The lowest BCUT2D eigenvalue weighted by atomic mass is 10.0. The largest absolute Gasteiger partial charge is 0.383 e. The van der Waals surface area contributed by atoms with Crippen molar-refractivity contribution in [2.24, 2.45) is 0 Å². The van der Waals surface area contributed by atoms with Crippen LogP contribution in [0, 0.1) is 5.82 Å². The van der Waals surface area contributed by atoms with Gasteiger partial charge in [0, 0.05) is 45.4 Å². The molecule has 1 fully saturated rings. The smallest absolute Gasteiger partial charge is 0.173 e. The van der Waals surface area contributed by atoms with Crippen LogP contribution in [-0.2, 0) is 17.8 Å². The first-order chi connectivity index (χ1) is 14.8.